The molecule has 15 heavy (non-hydrogen) atoms. The lowest BCUT2D eigenvalue weighted by molar-refractivity contribution is 0.178. The molecule has 3 N–H and O–H groups in total. The second-order valence-corrected chi connectivity index (χ2v) is 4.18. The van der Waals surface area contributed by atoms with Crippen LogP contribution in [0.5, 0.6) is 0 Å². The number of nitrogens with zero attached hydrogens (tertiary/aromatic N) is 1. The topological polar surface area (TPSA) is 60.9 Å². The number of H-pyrrole nitrogens is 1. The van der Waals surface area contributed by atoms with Crippen LogP contribution in [0.15, 0.2) is 22.8 Å². The summed E-state index contributed by atoms with van der Waals surface area (Å²) in [7, 11) is 1.81. The van der Waals surface area contributed by atoms with E-state index in [4.69, 9.17) is 0 Å². The Balaban J connectivity index is 2.41. The molecule has 0 aliphatic heterocycles. The van der Waals surface area contributed by atoms with Crippen molar-refractivity contribution in [2.24, 2.45) is 0 Å². The molecule has 0 saturated carbocycles. The number of aliphatic hydroxyl groups excluding tert-OH is 1. The Morgan fingerprint density at radius 3 is 3.13 bits per heavy atom. The summed E-state index contributed by atoms with van der Waals surface area (Å²) in [4.78, 5) is 0. The van der Waals surface area contributed by atoms with E-state index in [0.717, 1.165) is 21.1 Å². The number of rotatable bonds is 3. The Kier molecular flexibility index (Phi) is 3.04. The third kappa shape index (κ3) is 2.04. The van der Waals surface area contributed by atoms with Gasteiger partial charge in [-0.25, -0.2) is 0 Å². The maximum absolute atomic E-state index is 9.80. The molecule has 0 amide bonds. The first-order valence-electron chi connectivity index (χ1n) is 4.68. The van der Waals surface area contributed by atoms with Gasteiger partial charge in [-0.1, -0.05) is 6.07 Å². The minimum absolute atomic E-state index is 0.485. The number of benzene rings is 1. The number of nitrogens with one attached hydrogen (secondary N) is 2. The van der Waals surface area contributed by atoms with Gasteiger partial charge in [0.15, 0.2) is 0 Å². The van der Waals surface area contributed by atoms with Gasteiger partial charge in [0, 0.05) is 11.9 Å². The molecular formula is C10H12BrN3O. The molecule has 0 saturated heterocycles. The Labute approximate surface area is 95.8 Å². The Morgan fingerprint density at radius 1 is 1.60 bits per heavy atom. The van der Waals surface area contributed by atoms with Gasteiger partial charge in [0.25, 0.3) is 0 Å². The molecule has 80 valence electrons. The summed E-state index contributed by atoms with van der Waals surface area (Å²) in [6.45, 7) is 0.543. The third-order valence-corrected chi connectivity index (χ3v) is 2.92. The molecule has 2 rings (SSSR count). The summed E-state index contributed by atoms with van der Waals surface area (Å²) in [5, 5.41) is 20.7. The highest BCUT2D eigenvalue weighted by Crippen LogP contribution is 2.24. The number of aromatic nitrogens is 2. The van der Waals surface area contributed by atoms with Crippen LogP contribution in [-0.4, -0.2) is 28.9 Å². The maximum Gasteiger partial charge on any atom is 0.108 e. The van der Waals surface area contributed by atoms with E-state index in [9.17, 15) is 5.11 Å². The van der Waals surface area contributed by atoms with Gasteiger partial charge in [0.1, 0.15) is 4.60 Å². The first-order chi connectivity index (χ1) is 7.22. The number of aromatic amines is 1. The molecule has 0 radical (unpaired) electrons. The van der Waals surface area contributed by atoms with Gasteiger partial charge in [-0.05, 0) is 40.7 Å². The molecular weight excluding hydrogens is 258 g/mol. The number of hydrogen-bond acceptors (Lipinski definition) is 3. The van der Waals surface area contributed by atoms with Crippen molar-refractivity contribution in [3.8, 4) is 0 Å². The first kappa shape index (κ1) is 10.6. The van der Waals surface area contributed by atoms with Crippen molar-refractivity contribution in [2.75, 3.05) is 13.6 Å². The zero-order valence-corrected chi connectivity index (χ0v) is 9.87. The highest BCUT2D eigenvalue weighted by Gasteiger charge is 2.09. The fourth-order valence-electron chi connectivity index (χ4n) is 1.51. The fraction of sp³-hybridized carbons (Fsp3) is 0.300. The van der Waals surface area contributed by atoms with Crippen LogP contribution in [0.25, 0.3) is 10.9 Å². The van der Waals surface area contributed by atoms with Crippen LogP contribution in [0.1, 0.15) is 11.7 Å². The average molecular weight is 270 g/mol. The van der Waals surface area contributed by atoms with E-state index in [1.54, 1.807) is 0 Å². The van der Waals surface area contributed by atoms with Gasteiger partial charge >= 0.3 is 0 Å². The molecule has 0 fully saturated rings. The molecule has 0 aliphatic rings. The largest absolute Gasteiger partial charge is 0.387 e. The molecule has 1 unspecified atom stereocenters. The molecule has 0 bridgehead atoms. The molecule has 1 atom stereocenters. The van der Waals surface area contributed by atoms with E-state index >= 15 is 0 Å². The van der Waals surface area contributed by atoms with Gasteiger partial charge < -0.3 is 10.4 Å². The quantitative estimate of drug-likeness (QED) is 0.793. The van der Waals surface area contributed by atoms with E-state index < -0.39 is 6.10 Å². The Morgan fingerprint density at radius 2 is 2.40 bits per heavy atom. The van der Waals surface area contributed by atoms with Crippen LogP contribution in [0, 0.1) is 0 Å². The summed E-state index contributed by atoms with van der Waals surface area (Å²) in [6.07, 6.45) is -0.485. The summed E-state index contributed by atoms with van der Waals surface area (Å²) in [5.74, 6) is 0. The minimum atomic E-state index is -0.485. The van der Waals surface area contributed by atoms with Crippen LogP contribution in [-0.2, 0) is 0 Å². The molecule has 5 heteroatoms. The van der Waals surface area contributed by atoms with Crippen molar-refractivity contribution in [3.63, 3.8) is 0 Å². The Bertz CT molecular complexity index is 469. The fourth-order valence-corrected chi connectivity index (χ4v) is 1.92. The van der Waals surface area contributed by atoms with Gasteiger partial charge in [-0.3, -0.25) is 5.10 Å². The highest BCUT2D eigenvalue weighted by atomic mass is 79.9. The van der Waals surface area contributed by atoms with Gasteiger partial charge in [-0.15, -0.1) is 0 Å². The predicted octanol–water partition coefficient (Wildman–Crippen LogP) is 1.58. The third-order valence-electron chi connectivity index (χ3n) is 2.31. The number of fused-ring (bicyclic) bond motifs is 1. The van der Waals surface area contributed by atoms with E-state index in [0.29, 0.717) is 6.54 Å². The van der Waals surface area contributed by atoms with Gasteiger partial charge in [0.05, 0.1) is 11.6 Å². The van der Waals surface area contributed by atoms with E-state index in [-0.39, 0.29) is 0 Å². The SMILES string of the molecule is CNCC(O)c1ccc2n[nH]c(Br)c2c1. The van der Waals surface area contributed by atoms with Gasteiger partial charge in [0.2, 0.25) is 0 Å². The number of aliphatic hydroxyl groups is 1. The standard InChI is InChI=1S/C10H12BrN3O/c1-12-5-9(15)6-2-3-8-7(4-6)10(11)14-13-8/h2-4,9,12,15H,5H2,1H3,(H,13,14). The number of halogens is 1. The van der Waals surface area contributed by atoms with Crippen LogP contribution < -0.4 is 5.32 Å². The lowest BCUT2D eigenvalue weighted by Gasteiger charge is -2.09. The number of likely N-dealkylation sites (N-methyl/N-ethyl adjacent to an activating group) is 1. The van der Waals surface area contributed by atoms with Crippen LogP contribution in [0.4, 0.5) is 0 Å². The van der Waals surface area contributed by atoms with E-state index in [1.165, 1.54) is 0 Å². The molecule has 0 spiro atoms. The monoisotopic (exact) mass is 269 g/mol. The van der Waals surface area contributed by atoms with Crippen molar-refractivity contribution in [1.29, 1.82) is 0 Å². The van der Waals surface area contributed by atoms with Crippen molar-refractivity contribution in [2.45, 2.75) is 6.10 Å². The first-order valence-corrected chi connectivity index (χ1v) is 5.48. The van der Waals surface area contributed by atoms with Crippen molar-refractivity contribution in [1.82, 2.24) is 15.5 Å². The average Bonchev–Trinajstić information content (AvgIpc) is 2.60. The van der Waals surface area contributed by atoms with E-state index in [1.807, 2.05) is 25.2 Å². The Hall–Kier alpha value is -0.910. The molecule has 1 aromatic carbocycles. The molecule has 1 aromatic heterocycles. The zero-order valence-electron chi connectivity index (χ0n) is 8.29. The minimum Gasteiger partial charge on any atom is -0.387 e. The lowest BCUT2D eigenvalue weighted by Crippen LogP contribution is -2.16. The molecule has 1 heterocycles. The molecule has 2 aromatic rings. The predicted molar refractivity (Wildman–Crippen MR) is 62.7 cm³/mol. The number of hydrogen-bond donors (Lipinski definition) is 3. The van der Waals surface area contributed by atoms with Crippen molar-refractivity contribution >= 4 is 26.8 Å². The lowest BCUT2D eigenvalue weighted by atomic mass is 10.1. The van der Waals surface area contributed by atoms with Gasteiger partial charge in [-0.2, -0.15) is 5.10 Å². The second-order valence-electron chi connectivity index (χ2n) is 3.39. The molecule has 0 aliphatic carbocycles. The second kappa shape index (κ2) is 4.30. The highest BCUT2D eigenvalue weighted by molar-refractivity contribution is 9.10. The summed E-state index contributed by atoms with van der Waals surface area (Å²) in [6, 6.07) is 5.72. The smallest absolute Gasteiger partial charge is 0.108 e. The van der Waals surface area contributed by atoms with Crippen molar-refractivity contribution in [3.05, 3.63) is 28.4 Å². The van der Waals surface area contributed by atoms with Crippen LogP contribution in [0.3, 0.4) is 0 Å². The normalized spacial score (nSPS) is 13.3. The molecule has 4 nitrogen and oxygen atoms in total. The maximum atomic E-state index is 9.80. The van der Waals surface area contributed by atoms with Crippen molar-refractivity contribution < 1.29 is 5.11 Å². The summed E-state index contributed by atoms with van der Waals surface area (Å²) >= 11 is 3.37. The zero-order chi connectivity index (χ0) is 10.8. The van der Waals surface area contributed by atoms with E-state index in [2.05, 4.69) is 31.4 Å². The summed E-state index contributed by atoms with van der Waals surface area (Å²) in [5.41, 5.74) is 1.78. The van der Waals surface area contributed by atoms with Crippen LogP contribution >= 0.6 is 15.9 Å². The summed E-state index contributed by atoms with van der Waals surface area (Å²) < 4.78 is 0.844. The van der Waals surface area contributed by atoms with Crippen LogP contribution in [0.2, 0.25) is 0 Å².